The minimum Gasteiger partial charge on any atom is -0.462 e. The molecule has 7 heteroatoms. The van der Waals surface area contributed by atoms with Crippen molar-refractivity contribution in [1.29, 1.82) is 0 Å². The molecule has 0 saturated carbocycles. The standard InChI is InChI=1S/C9H7BrFNO4/c1-2-16-9(13)8-6(10)3-5(12(14)15)4-7(8)11/h3-4H,2H2,1H3. The smallest absolute Gasteiger partial charge is 0.342 e. The molecule has 0 aliphatic carbocycles. The van der Waals surface area contributed by atoms with Crippen molar-refractivity contribution >= 4 is 27.6 Å². The number of nitrogens with zero attached hydrogens (tertiary/aromatic N) is 1. The molecule has 0 aliphatic heterocycles. The molecule has 86 valence electrons. The van der Waals surface area contributed by atoms with E-state index < -0.39 is 22.4 Å². The van der Waals surface area contributed by atoms with E-state index in [4.69, 9.17) is 0 Å². The molecule has 1 aromatic carbocycles. The third kappa shape index (κ3) is 2.54. The fourth-order valence-electron chi connectivity index (χ4n) is 1.06. The first-order valence-electron chi connectivity index (χ1n) is 4.28. The van der Waals surface area contributed by atoms with Crippen molar-refractivity contribution in [3.8, 4) is 0 Å². The maximum absolute atomic E-state index is 13.4. The zero-order chi connectivity index (χ0) is 12.3. The third-order valence-corrected chi connectivity index (χ3v) is 2.34. The fraction of sp³-hybridized carbons (Fsp3) is 0.222. The van der Waals surface area contributed by atoms with Crippen LogP contribution >= 0.6 is 15.9 Å². The Balaban J connectivity index is 3.22. The number of ether oxygens (including phenoxy) is 1. The number of nitro groups is 1. The van der Waals surface area contributed by atoms with Crippen molar-refractivity contribution < 1.29 is 18.8 Å². The van der Waals surface area contributed by atoms with Crippen molar-refractivity contribution in [3.05, 3.63) is 38.1 Å². The molecule has 1 rings (SSSR count). The molecule has 0 fully saturated rings. The summed E-state index contributed by atoms with van der Waals surface area (Å²) in [6, 6.07) is 1.73. The van der Waals surface area contributed by atoms with Crippen LogP contribution in [0.4, 0.5) is 10.1 Å². The summed E-state index contributed by atoms with van der Waals surface area (Å²) in [6.07, 6.45) is 0. The lowest BCUT2D eigenvalue weighted by Gasteiger charge is -2.05. The van der Waals surface area contributed by atoms with Crippen LogP contribution in [0, 0.1) is 15.9 Å². The first-order valence-corrected chi connectivity index (χ1v) is 5.07. The van der Waals surface area contributed by atoms with Gasteiger partial charge in [0.15, 0.2) is 0 Å². The number of hydrogen-bond donors (Lipinski definition) is 0. The molecule has 5 nitrogen and oxygen atoms in total. The van der Waals surface area contributed by atoms with Crippen LogP contribution in [-0.4, -0.2) is 17.5 Å². The van der Waals surface area contributed by atoms with Gasteiger partial charge in [0.25, 0.3) is 5.69 Å². The van der Waals surface area contributed by atoms with Gasteiger partial charge in [-0.1, -0.05) is 0 Å². The summed E-state index contributed by atoms with van der Waals surface area (Å²) in [5, 5.41) is 10.4. The Morgan fingerprint density at radius 2 is 2.25 bits per heavy atom. The number of nitro benzene ring substituents is 1. The number of halogens is 2. The highest BCUT2D eigenvalue weighted by Gasteiger charge is 2.21. The Bertz CT molecular complexity index is 426. The predicted molar refractivity (Wildman–Crippen MR) is 56.7 cm³/mol. The van der Waals surface area contributed by atoms with Crippen LogP contribution in [0.5, 0.6) is 0 Å². The topological polar surface area (TPSA) is 69.4 Å². The Morgan fingerprint density at radius 3 is 2.69 bits per heavy atom. The van der Waals surface area contributed by atoms with Crippen molar-refractivity contribution in [2.75, 3.05) is 6.61 Å². The van der Waals surface area contributed by atoms with Gasteiger partial charge in [0.2, 0.25) is 0 Å². The average molecular weight is 292 g/mol. The van der Waals surface area contributed by atoms with E-state index >= 15 is 0 Å². The van der Waals surface area contributed by atoms with Crippen LogP contribution in [0.2, 0.25) is 0 Å². The van der Waals surface area contributed by atoms with Crippen LogP contribution in [0.1, 0.15) is 17.3 Å². The van der Waals surface area contributed by atoms with Gasteiger partial charge < -0.3 is 4.74 Å². The van der Waals surface area contributed by atoms with Crippen LogP contribution in [0.15, 0.2) is 16.6 Å². The number of carbonyl (C=O) groups excluding carboxylic acids is 1. The number of esters is 1. The Hall–Kier alpha value is -1.50. The highest BCUT2D eigenvalue weighted by molar-refractivity contribution is 9.10. The van der Waals surface area contributed by atoms with Crippen molar-refractivity contribution in [2.45, 2.75) is 6.92 Å². The second kappa shape index (κ2) is 5.02. The molecule has 0 heterocycles. The zero-order valence-electron chi connectivity index (χ0n) is 8.20. The molecule has 16 heavy (non-hydrogen) atoms. The van der Waals surface area contributed by atoms with E-state index in [0.717, 1.165) is 6.07 Å². The summed E-state index contributed by atoms with van der Waals surface area (Å²) < 4.78 is 18.0. The van der Waals surface area contributed by atoms with Crippen LogP contribution in [0.3, 0.4) is 0 Å². The van der Waals surface area contributed by atoms with Crippen molar-refractivity contribution in [1.82, 2.24) is 0 Å². The lowest BCUT2D eigenvalue weighted by Crippen LogP contribution is -2.08. The molecule has 0 bridgehead atoms. The van der Waals surface area contributed by atoms with Gasteiger partial charge in [0, 0.05) is 10.5 Å². The molecule has 0 aliphatic rings. The first kappa shape index (κ1) is 12.6. The van der Waals surface area contributed by atoms with Crippen LogP contribution in [0.25, 0.3) is 0 Å². The van der Waals surface area contributed by atoms with Gasteiger partial charge in [-0.2, -0.15) is 0 Å². The zero-order valence-corrected chi connectivity index (χ0v) is 9.78. The lowest BCUT2D eigenvalue weighted by atomic mass is 10.2. The highest BCUT2D eigenvalue weighted by Crippen LogP contribution is 2.26. The van der Waals surface area contributed by atoms with E-state index in [1.165, 1.54) is 0 Å². The molecule has 0 spiro atoms. The van der Waals surface area contributed by atoms with E-state index in [1.807, 2.05) is 0 Å². The van der Waals surface area contributed by atoms with Gasteiger partial charge in [-0.3, -0.25) is 10.1 Å². The SMILES string of the molecule is CCOC(=O)c1c(F)cc([N+](=O)[O-])cc1Br. The minimum absolute atomic E-state index is 0.00218. The molecule has 1 aromatic rings. The quantitative estimate of drug-likeness (QED) is 0.488. The van der Waals surface area contributed by atoms with E-state index in [0.29, 0.717) is 6.07 Å². The van der Waals surface area contributed by atoms with Crippen LogP contribution in [-0.2, 0) is 4.74 Å². The number of rotatable bonds is 3. The van der Waals surface area contributed by atoms with Gasteiger partial charge in [-0.05, 0) is 22.9 Å². The number of benzene rings is 1. The van der Waals surface area contributed by atoms with E-state index in [2.05, 4.69) is 20.7 Å². The number of hydrogen-bond acceptors (Lipinski definition) is 4. The molecule has 0 unspecified atom stereocenters. The fourth-order valence-corrected chi connectivity index (χ4v) is 1.65. The van der Waals surface area contributed by atoms with Gasteiger partial charge >= 0.3 is 5.97 Å². The summed E-state index contributed by atoms with van der Waals surface area (Å²) in [5.74, 6) is -1.85. The Kier molecular flexibility index (Phi) is 3.94. The summed E-state index contributed by atoms with van der Waals surface area (Å²) in [4.78, 5) is 21.0. The maximum Gasteiger partial charge on any atom is 0.342 e. The van der Waals surface area contributed by atoms with Gasteiger partial charge in [-0.15, -0.1) is 0 Å². The Labute approximate surface area is 98.5 Å². The predicted octanol–water partition coefficient (Wildman–Crippen LogP) is 2.67. The summed E-state index contributed by atoms with van der Waals surface area (Å²) >= 11 is 2.89. The Morgan fingerprint density at radius 1 is 1.62 bits per heavy atom. The van der Waals surface area contributed by atoms with Gasteiger partial charge in [0.1, 0.15) is 11.4 Å². The maximum atomic E-state index is 13.4. The minimum atomic E-state index is -0.987. The largest absolute Gasteiger partial charge is 0.462 e. The monoisotopic (exact) mass is 291 g/mol. The molecule has 0 atom stereocenters. The molecule has 0 radical (unpaired) electrons. The summed E-state index contributed by atoms with van der Waals surface area (Å²) in [7, 11) is 0. The van der Waals surface area contributed by atoms with Gasteiger partial charge in [-0.25, -0.2) is 9.18 Å². The normalized spacial score (nSPS) is 9.94. The van der Waals surface area contributed by atoms with E-state index in [1.54, 1.807) is 6.92 Å². The first-order chi connectivity index (χ1) is 7.47. The second-order valence-corrected chi connectivity index (χ2v) is 3.62. The van der Waals surface area contributed by atoms with Crippen molar-refractivity contribution in [3.63, 3.8) is 0 Å². The number of non-ortho nitro benzene ring substituents is 1. The molecular weight excluding hydrogens is 285 g/mol. The molecule has 0 amide bonds. The number of carbonyl (C=O) groups is 1. The summed E-state index contributed by atoms with van der Waals surface area (Å²) in [5.41, 5.74) is -0.773. The summed E-state index contributed by atoms with van der Waals surface area (Å²) in [6.45, 7) is 1.68. The third-order valence-electron chi connectivity index (χ3n) is 1.72. The van der Waals surface area contributed by atoms with Crippen LogP contribution < -0.4 is 0 Å². The highest BCUT2D eigenvalue weighted by atomic mass is 79.9. The second-order valence-electron chi connectivity index (χ2n) is 2.76. The van der Waals surface area contributed by atoms with Gasteiger partial charge in [0.05, 0.1) is 17.6 Å². The lowest BCUT2D eigenvalue weighted by molar-refractivity contribution is -0.385. The van der Waals surface area contributed by atoms with E-state index in [-0.39, 0.29) is 16.6 Å². The molecule has 0 saturated heterocycles. The van der Waals surface area contributed by atoms with Crippen molar-refractivity contribution in [2.24, 2.45) is 0 Å². The molecule has 0 N–H and O–H groups in total. The molecule has 0 aromatic heterocycles. The average Bonchev–Trinajstić information content (AvgIpc) is 2.16. The van der Waals surface area contributed by atoms with E-state index in [9.17, 15) is 19.3 Å². The molecular formula is C9H7BrFNO4.